The zero-order valence-electron chi connectivity index (χ0n) is 16.7. The molecule has 156 valence electrons. The van der Waals surface area contributed by atoms with E-state index < -0.39 is 11.3 Å². The molecule has 1 aliphatic rings. The van der Waals surface area contributed by atoms with Gasteiger partial charge in [0.1, 0.15) is 17.1 Å². The zero-order chi connectivity index (χ0) is 21.0. The molecule has 0 spiro atoms. The molecule has 1 saturated heterocycles. The summed E-state index contributed by atoms with van der Waals surface area (Å²) in [6.45, 7) is 4.92. The van der Waals surface area contributed by atoms with E-state index in [0.717, 1.165) is 12.8 Å². The molecule has 1 aliphatic heterocycles. The van der Waals surface area contributed by atoms with Crippen molar-refractivity contribution in [1.82, 2.24) is 10.1 Å². The van der Waals surface area contributed by atoms with Gasteiger partial charge in [0.05, 0.1) is 12.3 Å². The van der Waals surface area contributed by atoms with Crippen molar-refractivity contribution in [3.05, 3.63) is 46.3 Å². The third-order valence-electron chi connectivity index (χ3n) is 5.32. The fraction of sp³-hybridized carbons (Fsp3) is 0.476. The summed E-state index contributed by atoms with van der Waals surface area (Å²) >= 11 is 6.03. The first-order chi connectivity index (χ1) is 13.8. The monoisotopic (exact) mass is 419 g/mol. The van der Waals surface area contributed by atoms with Crippen molar-refractivity contribution in [2.24, 2.45) is 11.1 Å². The van der Waals surface area contributed by atoms with Crippen LogP contribution >= 0.6 is 11.6 Å². The molecule has 1 aromatic carbocycles. The number of aryl methyl sites for hydroxylation is 2. The Labute approximate surface area is 175 Å². The average molecular weight is 420 g/mol. The van der Waals surface area contributed by atoms with Gasteiger partial charge in [-0.05, 0) is 44.4 Å². The number of piperidine rings is 1. The maximum Gasteiger partial charge on any atom is 0.259 e. The Morgan fingerprint density at radius 3 is 2.90 bits per heavy atom. The summed E-state index contributed by atoms with van der Waals surface area (Å²) in [6, 6.07) is 7.10. The van der Waals surface area contributed by atoms with E-state index in [2.05, 4.69) is 5.16 Å². The molecule has 1 unspecified atom stereocenters. The van der Waals surface area contributed by atoms with E-state index in [1.807, 2.05) is 13.0 Å². The Morgan fingerprint density at radius 2 is 2.21 bits per heavy atom. The summed E-state index contributed by atoms with van der Waals surface area (Å²) in [7, 11) is 0. The predicted octanol–water partition coefficient (Wildman–Crippen LogP) is 3.38. The van der Waals surface area contributed by atoms with Gasteiger partial charge in [0, 0.05) is 29.9 Å². The normalized spacial score (nSPS) is 19.2. The van der Waals surface area contributed by atoms with Gasteiger partial charge in [-0.1, -0.05) is 29.7 Å². The van der Waals surface area contributed by atoms with Gasteiger partial charge in [0.15, 0.2) is 0 Å². The van der Waals surface area contributed by atoms with Crippen LogP contribution in [0.1, 0.15) is 48.0 Å². The molecule has 0 saturated carbocycles. The fourth-order valence-corrected chi connectivity index (χ4v) is 4.13. The van der Waals surface area contributed by atoms with Crippen LogP contribution in [0.3, 0.4) is 0 Å². The lowest BCUT2D eigenvalue weighted by Gasteiger charge is -2.42. The second kappa shape index (κ2) is 8.86. The molecule has 8 heteroatoms. The molecule has 2 amide bonds. The number of rotatable bonds is 7. The third-order valence-corrected chi connectivity index (χ3v) is 5.56. The highest BCUT2D eigenvalue weighted by Gasteiger charge is 2.40. The molecular formula is C21H26ClN3O4. The number of carbonyl (C=O) groups excluding carboxylic acids is 2. The van der Waals surface area contributed by atoms with Crippen LogP contribution < -0.4 is 10.5 Å². The molecule has 2 aromatic rings. The largest absolute Gasteiger partial charge is 0.493 e. The van der Waals surface area contributed by atoms with Gasteiger partial charge in [-0.15, -0.1) is 0 Å². The minimum atomic E-state index is -0.556. The maximum absolute atomic E-state index is 13.2. The highest BCUT2D eigenvalue weighted by Crippen LogP contribution is 2.35. The van der Waals surface area contributed by atoms with E-state index in [4.69, 9.17) is 26.6 Å². The molecule has 0 radical (unpaired) electrons. The summed E-state index contributed by atoms with van der Waals surface area (Å²) in [5.74, 6) is 0.586. The highest BCUT2D eigenvalue weighted by molar-refractivity contribution is 6.30. The van der Waals surface area contributed by atoms with Crippen LogP contribution in [-0.4, -0.2) is 41.6 Å². The van der Waals surface area contributed by atoms with Crippen LogP contribution in [0.25, 0.3) is 0 Å². The Balaban J connectivity index is 1.81. The first-order valence-corrected chi connectivity index (χ1v) is 10.1. The predicted molar refractivity (Wildman–Crippen MR) is 109 cm³/mol. The zero-order valence-corrected chi connectivity index (χ0v) is 17.5. The summed E-state index contributed by atoms with van der Waals surface area (Å²) < 4.78 is 11.2. The molecule has 7 nitrogen and oxygen atoms in total. The van der Waals surface area contributed by atoms with Gasteiger partial charge in [-0.2, -0.15) is 0 Å². The minimum absolute atomic E-state index is 0.128. The molecule has 0 aliphatic carbocycles. The van der Waals surface area contributed by atoms with Crippen molar-refractivity contribution in [2.75, 3.05) is 19.7 Å². The molecule has 2 N–H and O–H groups in total. The number of carbonyl (C=O) groups is 2. The Kier molecular flexibility index (Phi) is 6.47. The van der Waals surface area contributed by atoms with Gasteiger partial charge < -0.3 is 19.9 Å². The molecule has 0 bridgehead atoms. The van der Waals surface area contributed by atoms with E-state index >= 15 is 0 Å². The van der Waals surface area contributed by atoms with Crippen LogP contribution in [0.5, 0.6) is 5.75 Å². The Hall–Kier alpha value is -2.54. The van der Waals surface area contributed by atoms with E-state index in [1.54, 1.807) is 30.0 Å². The molecule has 3 rings (SSSR count). The number of hydrogen-bond donors (Lipinski definition) is 1. The number of hydrogen-bond acceptors (Lipinski definition) is 5. The lowest BCUT2D eigenvalue weighted by molar-refractivity contribution is -0.122. The number of nitrogens with two attached hydrogens (primary N) is 1. The van der Waals surface area contributed by atoms with E-state index in [1.165, 1.54) is 0 Å². The lowest BCUT2D eigenvalue weighted by Crippen LogP contribution is -2.50. The number of halogens is 1. The fourth-order valence-electron chi connectivity index (χ4n) is 3.95. The van der Waals surface area contributed by atoms with Crippen molar-refractivity contribution >= 4 is 23.4 Å². The number of aromatic nitrogens is 1. The summed E-state index contributed by atoms with van der Waals surface area (Å²) in [6.07, 6.45) is 2.24. The van der Waals surface area contributed by atoms with Crippen molar-refractivity contribution < 1.29 is 18.8 Å². The quantitative estimate of drug-likeness (QED) is 0.741. The second-order valence-electron chi connectivity index (χ2n) is 7.63. The van der Waals surface area contributed by atoms with Gasteiger partial charge in [0.25, 0.3) is 5.91 Å². The number of primary amides is 1. The van der Waals surface area contributed by atoms with E-state index in [-0.39, 0.29) is 18.9 Å². The summed E-state index contributed by atoms with van der Waals surface area (Å²) in [5, 5.41) is 4.56. The van der Waals surface area contributed by atoms with Crippen LogP contribution in [0.2, 0.25) is 5.02 Å². The number of ether oxygens (including phenoxy) is 1. The first-order valence-electron chi connectivity index (χ1n) is 9.74. The van der Waals surface area contributed by atoms with Crippen molar-refractivity contribution in [1.29, 1.82) is 0 Å². The van der Waals surface area contributed by atoms with Crippen molar-refractivity contribution in [3.8, 4) is 5.75 Å². The molecule has 29 heavy (non-hydrogen) atoms. The SMILES string of the molecule is CCc1noc(C)c1C(=O)N1CCCC(COc2cccc(Cl)c2)(CC(N)=O)C1. The summed E-state index contributed by atoms with van der Waals surface area (Å²) in [5.41, 5.74) is 6.15. The number of benzene rings is 1. The van der Waals surface area contributed by atoms with Crippen LogP contribution in [-0.2, 0) is 11.2 Å². The molecular weight excluding hydrogens is 394 g/mol. The molecule has 2 heterocycles. The second-order valence-corrected chi connectivity index (χ2v) is 8.07. The topological polar surface area (TPSA) is 98.7 Å². The first kappa shape index (κ1) is 21.2. The molecule has 1 atom stereocenters. The van der Waals surface area contributed by atoms with E-state index in [9.17, 15) is 9.59 Å². The van der Waals surface area contributed by atoms with E-state index in [0.29, 0.717) is 47.3 Å². The van der Waals surface area contributed by atoms with Crippen molar-refractivity contribution in [2.45, 2.75) is 39.5 Å². The molecule has 1 aromatic heterocycles. The third kappa shape index (κ3) is 4.90. The smallest absolute Gasteiger partial charge is 0.259 e. The summed E-state index contributed by atoms with van der Waals surface area (Å²) in [4.78, 5) is 26.8. The highest BCUT2D eigenvalue weighted by atomic mass is 35.5. The Bertz CT molecular complexity index is 898. The number of likely N-dealkylation sites (tertiary alicyclic amines) is 1. The van der Waals surface area contributed by atoms with Crippen LogP contribution in [0, 0.1) is 12.3 Å². The van der Waals surface area contributed by atoms with Gasteiger partial charge in [-0.3, -0.25) is 9.59 Å². The average Bonchev–Trinajstić information content (AvgIpc) is 3.06. The maximum atomic E-state index is 13.2. The Morgan fingerprint density at radius 1 is 1.41 bits per heavy atom. The van der Waals surface area contributed by atoms with Crippen LogP contribution in [0.15, 0.2) is 28.8 Å². The number of nitrogens with zero attached hydrogens (tertiary/aromatic N) is 2. The van der Waals surface area contributed by atoms with Crippen molar-refractivity contribution in [3.63, 3.8) is 0 Å². The number of amides is 2. The minimum Gasteiger partial charge on any atom is -0.493 e. The van der Waals surface area contributed by atoms with Crippen LogP contribution in [0.4, 0.5) is 0 Å². The standard InChI is InChI=1S/C21H26ClN3O4/c1-3-17-19(14(2)29-24-17)20(27)25-9-5-8-21(12-25,11-18(23)26)13-28-16-7-4-6-15(22)10-16/h4,6-7,10H,3,5,8-9,11-13H2,1-2H3,(H2,23,26). The molecule has 1 fully saturated rings. The van der Waals surface area contributed by atoms with Gasteiger partial charge in [0.2, 0.25) is 5.91 Å². The van der Waals surface area contributed by atoms with Gasteiger partial charge >= 0.3 is 0 Å². The van der Waals surface area contributed by atoms with Gasteiger partial charge in [-0.25, -0.2) is 0 Å². The lowest BCUT2D eigenvalue weighted by atomic mass is 9.77.